The van der Waals surface area contributed by atoms with Crippen molar-refractivity contribution in [2.45, 2.75) is 12.8 Å². The third kappa shape index (κ3) is 5.52. The molecule has 5 rings (SSSR count). The van der Waals surface area contributed by atoms with E-state index in [-0.39, 0.29) is 18.4 Å². The van der Waals surface area contributed by atoms with E-state index in [0.717, 1.165) is 36.8 Å². The number of aromatic amines is 1. The number of fused-ring (bicyclic) bond motifs is 1. The molecule has 7 nitrogen and oxygen atoms in total. The van der Waals surface area contributed by atoms with Crippen molar-refractivity contribution >= 4 is 45.7 Å². The molecule has 36 heavy (non-hydrogen) atoms. The van der Waals surface area contributed by atoms with Gasteiger partial charge in [0.25, 0.3) is 5.91 Å². The molecule has 0 saturated carbocycles. The Morgan fingerprint density at radius 3 is 2.53 bits per heavy atom. The molecule has 0 aliphatic carbocycles. The van der Waals surface area contributed by atoms with Crippen molar-refractivity contribution in [1.82, 2.24) is 15.3 Å². The molecule has 4 aromatic rings. The number of hydrogen-bond acceptors (Lipinski definition) is 4. The van der Waals surface area contributed by atoms with Crippen LogP contribution in [0.3, 0.4) is 0 Å². The lowest BCUT2D eigenvalue weighted by atomic mass is 9.96. The summed E-state index contributed by atoms with van der Waals surface area (Å²) in [6, 6.07) is 20.5. The molecule has 1 aliphatic rings. The number of carbonyl (C=O) groups is 2. The lowest BCUT2D eigenvalue weighted by molar-refractivity contribution is -0.119. The Morgan fingerprint density at radius 1 is 1.03 bits per heavy atom. The third-order valence-electron chi connectivity index (χ3n) is 6.66. The fourth-order valence-corrected chi connectivity index (χ4v) is 4.84. The number of anilines is 2. The third-order valence-corrected chi connectivity index (χ3v) is 6.89. The van der Waals surface area contributed by atoms with E-state index in [4.69, 9.17) is 11.6 Å². The largest absolute Gasteiger partial charge is 0.371 e. The number of piperidine rings is 1. The Balaban J connectivity index is 1.22. The summed E-state index contributed by atoms with van der Waals surface area (Å²) in [6.07, 6.45) is 5.63. The molecule has 2 amide bonds. The fraction of sp³-hybridized carbons (Fsp3) is 0.250. The minimum absolute atomic E-state index is 0.0607. The first kappa shape index (κ1) is 23.9. The van der Waals surface area contributed by atoms with Gasteiger partial charge in [-0.25, -0.2) is 0 Å². The van der Waals surface area contributed by atoms with Crippen LogP contribution in [0.5, 0.6) is 0 Å². The first-order chi connectivity index (χ1) is 17.6. The minimum Gasteiger partial charge on any atom is -0.371 e. The van der Waals surface area contributed by atoms with Gasteiger partial charge in [0, 0.05) is 59.3 Å². The maximum absolute atomic E-state index is 13.5. The van der Waals surface area contributed by atoms with Gasteiger partial charge in [0.15, 0.2) is 0 Å². The second kappa shape index (κ2) is 10.8. The molecule has 2 N–H and O–H groups in total. The second-order valence-corrected chi connectivity index (χ2v) is 9.52. The van der Waals surface area contributed by atoms with Crippen LogP contribution in [-0.2, 0) is 4.79 Å². The Morgan fingerprint density at radius 2 is 1.78 bits per heavy atom. The Hall–Kier alpha value is -3.84. The number of benzene rings is 2. The molecule has 8 heteroatoms. The maximum atomic E-state index is 13.5. The number of halogens is 1. The minimum atomic E-state index is -0.269. The lowest BCUT2D eigenvalue weighted by Crippen LogP contribution is -2.44. The van der Waals surface area contributed by atoms with Crippen molar-refractivity contribution in [2.24, 2.45) is 5.92 Å². The molecular weight excluding hydrogens is 474 g/mol. The number of amides is 2. The molecule has 0 radical (unpaired) electrons. The number of aromatic nitrogens is 2. The summed E-state index contributed by atoms with van der Waals surface area (Å²) in [5, 5.41) is 4.51. The predicted molar refractivity (Wildman–Crippen MR) is 144 cm³/mol. The zero-order chi connectivity index (χ0) is 24.9. The topological polar surface area (TPSA) is 81.3 Å². The van der Waals surface area contributed by atoms with E-state index in [0.29, 0.717) is 28.9 Å². The van der Waals surface area contributed by atoms with E-state index in [1.54, 1.807) is 12.1 Å². The molecule has 1 saturated heterocycles. The highest BCUT2D eigenvalue weighted by Gasteiger charge is 2.24. The van der Waals surface area contributed by atoms with Crippen LogP contribution in [0.2, 0.25) is 5.02 Å². The van der Waals surface area contributed by atoms with Crippen molar-refractivity contribution in [1.29, 1.82) is 0 Å². The number of carbonyl (C=O) groups excluding carboxylic acids is 2. The van der Waals surface area contributed by atoms with Crippen LogP contribution < -0.4 is 15.1 Å². The SMILES string of the molecule is O=C(CN(C(=O)c1cc2cc(Cl)ccc2[nH]1)c1ccccc1)NCC1CCN(c2ccncc2)CC1. The number of pyridine rings is 1. The van der Waals surface area contributed by atoms with Crippen LogP contribution in [-0.4, -0.2) is 48.0 Å². The number of rotatable bonds is 7. The maximum Gasteiger partial charge on any atom is 0.275 e. The number of hydrogen-bond donors (Lipinski definition) is 2. The van der Waals surface area contributed by atoms with Gasteiger partial charge in [0.2, 0.25) is 5.91 Å². The van der Waals surface area contributed by atoms with Gasteiger partial charge < -0.3 is 15.2 Å². The van der Waals surface area contributed by atoms with Gasteiger partial charge >= 0.3 is 0 Å². The van der Waals surface area contributed by atoms with Gasteiger partial charge in [0.1, 0.15) is 12.2 Å². The average Bonchev–Trinajstić information content (AvgIpc) is 3.35. The first-order valence-electron chi connectivity index (χ1n) is 12.1. The van der Waals surface area contributed by atoms with E-state index >= 15 is 0 Å². The van der Waals surface area contributed by atoms with E-state index < -0.39 is 0 Å². The highest BCUT2D eigenvalue weighted by molar-refractivity contribution is 6.31. The molecule has 0 bridgehead atoms. The number of H-pyrrole nitrogens is 1. The summed E-state index contributed by atoms with van der Waals surface area (Å²) in [6.45, 7) is 2.44. The van der Waals surface area contributed by atoms with Gasteiger partial charge in [-0.15, -0.1) is 0 Å². The summed E-state index contributed by atoms with van der Waals surface area (Å²) >= 11 is 6.11. The van der Waals surface area contributed by atoms with Crippen molar-refractivity contribution in [2.75, 3.05) is 36.0 Å². The molecule has 1 fully saturated rings. The summed E-state index contributed by atoms with van der Waals surface area (Å²) in [5.41, 5.74) is 3.08. The van der Waals surface area contributed by atoms with Crippen molar-refractivity contribution < 1.29 is 9.59 Å². The van der Waals surface area contributed by atoms with Crippen LogP contribution in [0.25, 0.3) is 10.9 Å². The molecule has 0 unspecified atom stereocenters. The quantitative estimate of drug-likeness (QED) is 0.377. The van der Waals surface area contributed by atoms with Crippen molar-refractivity contribution in [3.05, 3.63) is 89.8 Å². The average molecular weight is 502 g/mol. The molecule has 0 spiro atoms. The fourth-order valence-electron chi connectivity index (χ4n) is 4.66. The van der Waals surface area contributed by atoms with Gasteiger partial charge in [-0.2, -0.15) is 0 Å². The van der Waals surface area contributed by atoms with Gasteiger partial charge in [-0.1, -0.05) is 29.8 Å². The smallest absolute Gasteiger partial charge is 0.275 e. The van der Waals surface area contributed by atoms with Crippen molar-refractivity contribution in [3.8, 4) is 0 Å². The Kier molecular flexibility index (Phi) is 7.18. The van der Waals surface area contributed by atoms with Crippen LogP contribution in [0, 0.1) is 5.92 Å². The first-order valence-corrected chi connectivity index (χ1v) is 12.5. The van der Waals surface area contributed by atoms with E-state index in [1.165, 1.54) is 10.6 Å². The Labute approximate surface area is 215 Å². The van der Waals surface area contributed by atoms with Crippen LogP contribution in [0.1, 0.15) is 23.3 Å². The second-order valence-electron chi connectivity index (χ2n) is 9.08. The van der Waals surface area contributed by atoms with Crippen molar-refractivity contribution in [3.63, 3.8) is 0 Å². The van der Waals surface area contributed by atoms with Crippen LogP contribution >= 0.6 is 11.6 Å². The highest BCUT2D eigenvalue weighted by atomic mass is 35.5. The summed E-state index contributed by atoms with van der Waals surface area (Å²) in [5.74, 6) is -0.0383. The zero-order valence-electron chi connectivity index (χ0n) is 19.9. The van der Waals surface area contributed by atoms with Crippen LogP contribution in [0.4, 0.5) is 11.4 Å². The summed E-state index contributed by atoms with van der Waals surface area (Å²) < 4.78 is 0. The standard InChI is InChI=1S/C28H28ClN5O2/c29-22-6-7-25-21(16-22)17-26(32-25)28(36)34(24-4-2-1-3-5-24)19-27(35)31-18-20-10-14-33(15-11-20)23-8-12-30-13-9-23/h1-9,12-13,16-17,20,32H,10-11,14-15,18-19H2,(H,31,35). The van der Waals surface area contributed by atoms with Gasteiger partial charge in [-0.3, -0.25) is 19.5 Å². The molecule has 2 aromatic carbocycles. The molecule has 3 heterocycles. The molecule has 1 aliphatic heterocycles. The number of nitrogens with zero attached hydrogens (tertiary/aromatic N) is 3. The van der Waals surface area contributed by atoms with E-state index in [2.05, 4.69) is 20.2 Å². The number of nitrogens with one attached hydrogen (secondary N) is 2. The predicted octanol–water partition coefficient (Wildman–Crippen LogP) is 4.90. The molecular formula is C28H28ClN5O2. The van der Waals surface area contributed by atoms with E-state index in [9.17, 15) is 9.59 Å². The summed E-state index contributed by atoms with van der Waals surface area (Å²) in [7, 11) is 0. The molecule has 0 atom stereocenters. The normalized spacial score (nSPS) is 14.1. The van der Waals surface area contributed by atoms with E-state index in [1.807, 2.05) is 67.0 Å². The zero-order valence-corrected chi connectivity index (χ0v) is 20.6. The highest BCUT2D eigenvalue weighted by Crippen LogP contribution is 2.24. The molecule has 2 aromatic heterocycles. The van der Waals surface area contributed by atoms with Crippen LogP contribution in [0.15, 0.2) is 79.1 Å². The summed E-state index contributed by atoms with van der Waals surface area (Å²) in [4.78, 5) is 37.5. The van der Waals surface area contributed by atoms with Gasteiger partial charge in [0.05, 0.1) is 0 Å². The lowest BCUT2D eigenvalue weighted by Gasteiger charge is -2.33. The molecule has 184 valence electrons. The Bertz CT molecular complexity index is 1330. The van der Waals surface area contributed by atoms with Gasteiger partial charge in [-0.05, 0) is 67.3 Å². The monoisotopic (exact) mass is 501 g/mol. The number of para-hydroxylation sites is 1.